The smallest absolute Gasteiger partial charge is 0.317 e. The molecule has 1 unspecified atom stereocenters. The first kappa shape index (κ1) is 16.8. The van der Waals surface area contributed by atoms with Gasteiger partial charge >= 0.3 is 11.9 Å². The van der Waals surface area contributed by atoms with Crippen molar-refractivity contribution in [3.05, 3.63) is 33.8 Å². The average Bonchev–Trinajstić information content (AvgIpc) is 2.33. The zero-order chi connectivity index (χ0) is 15.3. The Kier molecular flexibility index (Phi) is 6.32. The number of rotatable bonds is 7. The van der Waals surface area contributed by atoms with Gasteiger partial charge in [-0.1, -0.05) is 23.2 Å². The number of carbonyl (C=O) groups excluding carboxylic acids is 1. The summed E-state index contributed by atoms with van der Waals surface area (Å²) in [5.74, 6) is -3.06. The van der Waals surface area contributed by atoms with Crippen LogP contribution in [-0.2, 0) is 9.59 Å². The zero-order valence-corrected chi connectivity index (χ0v) is 12.3. The van der Waals surface area contributed by atoms with Gasteiger partial charge < -0.3 is 10.2 Å². The lowest BCUT2D eigenvalue weighted by molar-refractivity contribution is -0.142. The maximum Gasteiger partial charge on any atom is 0.317 e. The van der Waals surface area contributed by atoms with Crippen LogP contribution in [0, 0.1) is 0 Å². The van der Waals surface area contributed by atoms with E-state index >= 15 is 0 Å². The summed E-state index contributed by atoms with van der Waals surface area (Å²) < 4.78 is 0. The van der Waals surface area contributed by atoms with E-state index < -0.39 is 23.6 Å². The molecule has 2 N–H and O–H groups in total. The summed E-state index contributed by atoms with van der Waals surface area (Å²) in [6.07, 6.45) is -0.554. The minimum atomic E-state index is -1.27. The van der Waals surface area contributed by atoms with Crippen molar-refractivity contribution in [2.45, 2.75) is 11.7 Å². The van der Waals surface area contributed by atoms with Crippen LogP contribution in [0.4, 0.5) is 0 Å². The Balaban J connectivity index is 2.70. The Labute approximate surface area is 128 Å². The van der Waals surface area contributed by atoms with Gasteiger partial charge in [0.1, 0.15) is 5.25 Å². The minimum Gasteiger partial charge on any atom is -0.481 e. The molecule has 0 saturated heterocycles. The number of aliphatic carboxylic acids is 2. The van der Waals surface area contributed by atoms with Crippen LogP contribution < -0.4 is 0 Å². The first-order chi connectivity index (χ1) is 9.31. The summed E-state index contributed by atoms with van der Waals surface area (Å²) in [4.78, 5) is 33.3. The topological polar surface area (TPSA) is 91.7 Å². The van der Waals surface area contributed by atoms with Gasteiger partial charge in [-0.3, -0.25) is 14.4 Å². The molecule has 0 radical (unpaired) electrons. The van der Waals surface area contributed by atoms with Gasteiger partial charge in [0, 0.05) is 10.6 Å². The number of Topliss-reactive ketones (excluding diaryl/α,β-unsaturated/α-hetero) is 1. The highest BCUT2D eigenvalue weighted by atomic mass is 35.5. The molecule has 1 aromatic carbocycles. The Hall–Kier alpha value is -1.24. The quantitative estimate of drug-likeness (QED) is 0.744. The third kappa shape index (κ3) is 5.03. The molecule has 0 spiro atoms. The van der Waals surface area contributed by atoms with Crippen molar-refractivity contribution in [2.24, 2.45) is 0 Å². The minimum absolute atomic E-state index is 0.174. The van der Waals surface area contributed by atoms with Crippen molar-refractivity contribution >= 4 is 52.7 Å². The van der Waals surface area contributed by atoms with E-state index in [9.17, 15) is 14.4 Å². The molecule has 5 nitrogen and oxygen atoms in total. The second kappa shape index (κ2) is 7.52. The molecule has 1 atom stereocenters. The van der Waals surface area contributed by atoms with Crippen LogP contribution in [0.2, 0.25) is 10.0 Å². The average molecular weight is 337 g/mol. The van der Waals surface area contributed by atoms with Gasteiger partial charge in [-0.2, -0.15) is 0 Å². The predicted molar refractivity (Wildman–Crippen MR) is 76.9 cm³/mol. The Morgan fingerprint density at radius 2 is 1.85 bits per heavy atom. The standard InChI is InChI=1S/C12H10Cl2O5S/c13-6-1-2-7(8(14)3-6)9(15)5-20-10(12(18)19)4-11(16)17/h1-3,10H,4-5H2,(H,16,17)(H,18,19). The third-order valence-electron chi connectivity index (χ3n) is 2.28. The second-order valence-electron chi connectivity index (χ2n) is 3.78. The van der Waals surface area contributed by atoms with Gasteiger partial charge in [-0.25, -0.2) is 0 Å². The van der Waals surface area contributed by atoms with Crippen LogP contribution in [-0.4, -0.2) is 38.9 Å². The molecule has 0 aliphatic carbocycles. The van der Waals surface area contributed by atoms with Crippen molar-refractivity contribution in [3.8, 4) is 0 Å². The molecule has 0 aliphatic heterocycles. The van der Waals surface area contributed by atoms with E-state index in [4.69, 9.17) is 33.4 Å². The Morgan fingerprint density at radius 3 is 2.35 bits per heavy atom. The van der Waals surface area contributed by atoms with E-state index in [1.807, 2.05) is 0 Å². The lowest BCUT2D eigenvalue weighted by Crippen LogP contribution is -2.22. The van der Waals surface area contributed by atoms with Crippen LogP contribution in [0.3, 0.4) is 0 Å². The molecule has 0 aliphatic rings. The molecule has 108 valence electrons. The number of carboxylic acid groups (broad SMARTS) is 2. The number of carboxylic acids is 2. The molecule has 0 amide bonds. The summed E-state index contributed by atoms with van der Waals surface area (Å²) >= 11 is 12.3. The number of hydrogen-bond acceptors (Lipinski definition) is 4. The number of ketones is 1. The van der Waals surface area contributed by atoms with Crippen LogP contribution in [0.25, 0.3) is 0 Å². The van der Waals surface area contributed by atoms with E-state index in [2.05, 4.69) is 0 Å². The lowest BCUT2D eigenvalue weighted by Gasteiger charge is -2.09. The first-order valence-electron chi connectivity index (χ1n) is 5.35. The summed E-state index contributed by atoms with van der Waals surface area (Å²) in [5, 5.41) is 16.8. The van der Waals surface area contributed by atoms with Gasteiger partial charge in [0.2, 0.25) is 0 Å². The number of carbonyl (C=O) groups is 3. The van der Waals surface area contributed by atoms with Gasteiger partial charge in [0.05, 0.1) is 17.2 Å². The SMILES string of the molecule is O=C(O)CC(SCC(=O)c1ccc(Cl)cc1Cl)C(=O)O. The van der Waals surface area contributed by atoms with Crippen LogP contribution in [0.1, 0.15) is 16.8 Å². The normalized spacial score (nSPS) is 11.9. The zero-order valence-electron chi connectivity index (χ0n) is 10.0. The summed E-state index contributed by atoms with van der Waals surface area (Å²) in [5.41, 5.74) is 0.225. The molecule has 1 rings (SSSR count). The number of thioether (sulfide) groups is 1. The number of hydrogen-bond donors (Lipinski definition) is 2. The van der Waals surface area contributed by atoms with Crippen molar-refractivity contribution in [3.63, 3.8) is 0 Å². The summed E-state index contributed by atoms with van der Waals surface area (Å²) in [6.45, 7) is 0. The van der Waals surface area contributed by atoms with E-state index in [0.717, 1.165) is 11.8 Å². The maximum absolute atomic E-state index is 11.9. The monoisotopic (exact) mass is 336 g/mol. The maximum atomic E-state index is 11.9. The van der Waals surface area contributed by atoms with E-state index in [1.54, 1.807) is 0 Å². The molecule has 20 heavy (non-hydrogen) atoms. The molecule has 0 aromatic heterocycles. The van der Waals surface area contributed by atoms with Crippen LogP contribution >= 0.6 is 35.0 Å². The van der Waals surface area contributed by atoms with Gasteiger partial charge in [0.25, 0.3) is 0 Å². The third-order valence-corrected chi connectivity index (χ3v) is 4.03. The first-order valence-corrected chi connectivity index (χ1v) is 7.16. The van der Waals surface area contributed by atoms with E-state index in [1.165, 1.54) is 18.2 Å². The highest BCUT2D eigenvalue weighted by Crippen LogP contribution is 2.24. The number of benzene rings is 1. The van der Waals surface area contributed by atoms with Crippen molar-refractivity contribution in [1.82, 2.24) is 0 Å². The molecule has 0 fully saturated rings. The van der Waals surface area contributed by atoms with E-state index in [-0.39, 0.29) is 22.1 Å². The molecular formula is C12H10Cl2O5S. The Morgan fingerprint density at radius 1 is 1.20 bits per heavy atom. The lowest BCUT2D eigenvalue weighted by atomic mass is 10.1. The second-order valence-corrected chi connectivity index (χ2v) is 5.82. The molecule has 1 aromatic rings. The fourth-order valence-electron chi connectivity index (χ4n) is 1.35. The highest BCUT2D eigenvalue weighted by Gasteiger charge is 2.23. The van der Waals surface area contributed by atoms with Crippen LogP contribution in [0.5, 0.6) is 0 Å². The largest absolute Gasteiger partial charge is 0.481 e. The van der Waals surface area contributed by atoms with Crippen molar-refractivity contribution in [2.75, 3.05) is 5.75 Å². The van der Waals surface area contributed by atoms with Crippen molar-refractivity contribution < 1.29 is 24.6 Å². The fourth-order valence-corrected chi connectivity index (χ4v) is 2.77. The number of halogens is 2. The van der Waals surface area contributed by atoms with E-state index in [0.29, 0.717) is 5.02 Å². The molecule has 0 heterocycles. The van der Waals surface area contributed by atoms with Gasteiger partial charge in [-0.15, -0.1) is 11.8 Å². The Bertz CT molecular complexity index is 547. The highest BCUT2D eigenvalue weighted by molar-refractivity contribution is 8.01. The fraction of sp³-hybridized carbons (Fsp3) is 0.250. The van der Waals surface area contributed by atoms with Crippen molar-refractivity contribution in [1.29, 1.82) is 0 Å². The predicted octanol–water partition coefficient (Wildman–Crippen LogP) is 2.84. The van der Waals surface area contributed by atoms with Crippen LogP contribution in [0.15, 0.2) is 18.2 Å². The summed E-state index contributed by atoms with van der Waals surface area (Å²) in [6, 6.07) is 4.35. The van der Waals surface area contributed by atoms with Gasteiger partial charge in [-0.05, 0) is 18.2 Å². The molecule has 0 saturated carbocycles. The molecular weight excluding hydrogens is 327 g/mol. The molecule has 8 heteroatoms. The summed E-state index contributed by atoms with van der Waals surface area (Å²) in [7, 11) is 0. The molecule has 0 bridgehead atoms. The van der Waals surface area contributed by atoms with Gasteiger partial charge in [0.15, 0.2) is 5.78 Å².